The molecule has 25 heavy (non-hydrogen) atoms. The summed E-state index contributed by atoms with van der Waals surface area (Å²) in [5, 5.41) is 11.4. The molecule has 3 aromatic carbocycles. The first kappa shape index (κ1) is 17.2. The molecule has 0 aliphatic heterocycles. The van der Waals surface area contributed by atoms with Gasteiger partial charge in [-0.15, -0.1) is 0 Å². The molecule has 1 unspecified atom stereocenters. The highest BCUT2D eigenvalue weighted by Gasteiger charge is 2.12. The van der Waals surface area contributed by atoms with Crippen LogP contribution in [-0.4, -0.2) is 12.1 Å². The number of fused-ring (bicyclic) bond motifs is 2. The number of amides is 1. The average molecular weight is 332 g/mol. The zero-order valence-electron chi connectivity index (χ0n) is 14.8. The number of rotatable bonds is 6. The first-order chi connectivity index (χ1) is 12.1. The minimum atomic E-state index is -0.109. The van der Waals surface area contributed by atoms with Gasteiger partial charge in [0.2, 0.25) is 5.91 Å². The van der Waals surface area contributed by atoms with Crippen LogP contribution in [0.25, 0.3) is 21.5 Å². The van der Waals surface area contributed by atoms with Gasteiger partial charge in [0.05, 0.1) is 6.17 Å². The van der Waals surface area contributed by atoms with Gasteiger partial charge in [-0.25, -0.2) is 0 Å². The van der Waals surface area contributed by atoms with Gasteiger partial charge in [0, 0.05) is 12.1 Å². The van der Waals surface area contributed by atoms with E-state index < -0.39 is 0 Å². The van der Waals surface area contributed by atoms with Crippen molar-refractivity contribution >= 4 is 27.5 Å². The highest BCUT2D eigenvalue weighted by molar-refractivity contribution is 6.02. The van der Waals surface area contributed by atoms with E-state index in [1.165, 1.54) is 27.1 Å². The van der Waals surface area contributed by atoms with Crippen LogP contribution >= 0.6 is 0 Å². The number of hydrogen-bond donors (Lipinski definition) is 2. The zero-order valence-corrected chi connectivity index (χ0v) is 14.8. The van der Waals surface area contributed by atoms with Gasteiger partial charge in [0.25, 0.3) is 0 Å². The van der Waals surface area contributed by atoms with Crippen molar-refractivity contribution in [1.82, 2.24) is 10.6 Å². The third-order valence-electron chi connectivity index (χ3n) is 4.51. The fourth-order valence-electron chi connectivity index (χ4n) is 3.10. The van der Waals surface area contributed by atoms with Crippen LogP contribution in [0.3, 0.4) is 0 Å². The summed E-state index contributed by atoms with van der Waals surface area (Å²) in [6.07, 6.45) is 0.726. The minimum absolute atomic E-state index is 0.0815. The molecule has 0 fully saturated rings. The minimum Gasteiger partial charge on any atom is -0.337 e. The second-order valence-electron chi connectivity index (χ2n) is 6.39. The van der Waals surface area contributed by atoms with Gasteiger partial charge < -0.3 is 5.32 Å². The van der Waals surface area contributed by atoms with E-state index in [0.717, 1.165) is 6.42 Å². The molecule has 0 aliphatic carbocycles. The average Bonchev–Trinajstić information content (AvgIpc) is 2.63. The highest BCUT2D eigenvalue weighted by Crippen LogP contribution is 2.28. The lowest BCUT2D eigenvalue weighted by atomic mass is 9.96. The summed E-state index contributed by atoms with van der Waals surface area (Å²) in [6, 6.07) is 19.1. The van der Waals surface area contributed by atoms with E-state index in [1.807, 2.05) is 0 Å². The second-order valence-corrected chi connectivity index (χ2v) is 6.39. The van der Waals surface area contributed by atoms with Crippen molar-refractivity contribution in [3.05, 3.63) is 72.3 Å². The zero-order chi connectivity index (χ0) is 17.8. The fraction of sp³-hybridized carbons (Fsp3) is 0.227. The van der Waals surface area contributed by atoms with Gasteiger partial charge >= 0.3 is 0 Å². The van der Waals surface area contributed by atoms with E-state index in [9.17, 15) is 4.79 Å². The normalized spacial score (nSPS) is 12.2. The third-order valence-corrected chi connectivity index (χ3v) is 4.51. The Bertz CT molecular complexity index is 876. The maximum atomic E-state index is 11.9. The molecular weight excluding hydrogens is 308 g/mol. The van der Waals surface area contributed by atoms with E-state index >= 15 is 0 Å². The van der Waals surface area contributed by atoms with Crippen molar-refractivity contribution in [2.24, 2.45) is 0 Å². The summed E-state index contributed by atoms with van der Waals surface area (Å²) in [5.74, 6) is -0.109. The first-order valence-corrected chi connectivity index (χ1v) is 8.69. The molecule has 0 aromatic heterocycles. The molecule has 0 aliphatic rings. The lowest BCUT2D eigenvalue weighted by molar-refractivity contribution is -0.118. The molecule has 128 valence electrons. The maximum Gasteiger partial charge on any atom is 0.247 e. The molecule has 0 spiro atoms. The van der Waals surface area contributed by atoms with Crippen LogP contribution in [0.1, 0.15) is 25.8 Å². The Labute approximate surface area is 148 Å². The molecule has 0 heterocycles. The van der Waals surface area contributed by atoms with Crippen LogP contribution in [0.2, 0.25) is 0 Å². The van der Waals surface area contributed by atoms with Crippen LogP contribution in [0.15, 0.2) is 66.7 Å². The summed E-state index contributed by atoms with van der Waals surface area (Å²) < 4.78 is 0. The van der Waals surface area contributed by atoms with Gasteiger partial charge in [-0.05, 0) is 46.5 Å². The van der Waals surface area contributed by atoms with Gasteiger partial charge in [-0.1, -0.05) is 62.0 Å². The highest BCUT2D eigenvalue weighted by atomic mass is 16.1. The molecule has 3 rings (SSSR count). The first-order valence-electron chi connectivity index (χ1n) is 8.69. The predicted octanol–water partition coefficient (Wildman–Crippen LogP) is 4.51. The van der Waals surface area contributed by atoms with Gasteiger partial charge in [0.15, 0.2) is 0 Å². The molecule has 3 aromatic rings. The maximum absolute atomic E-state index is 11.9. The van der Waals surface area contributed by atoms with Gasteiger partial charge in [-0.3, -0.25) is 10.1 Å². The molecule has 1 amide bonds. The molecule has 0 saturated heterocycles. The Balaban J connectivity index is 1.93. The van der Waals surface area contributed by atoms with Crippen molar-refractivity contribution in [2.45, 2.75) is 33.0 Å². The predicted molar refractivity (Wildman–Crippen MR) is 105 cm³/mol. The van der Waals surface area contributed by atoms with Crippen molar-refractivity contribution in [3.8, 4) is 0 Å². The fourth-order valence-corrected chi connectivity index (χ4v) is 3.10. The summed E-state index contributed by atoms with van der Waals surface area (Å²) in [7, 11) is 0. The topological polar surface area (TPSA) is 41.1 Å². The number of carbonyl (C=O) groups is 1. The Kier molecular flexibility index (Phi) is 5.15. The standard InChI is InChI=1S/C22H24N2O/c1-4-21(24-22(25)15(2)3)23-14-20-18-11-7-5-9-16(18)13-17-10-6-8-12-19(17)20/h5-13,21,23H,2,4,14H2,1,3H3,(H,24,25). The molecule has 0 radical (unpaired) electrons. The van der Waals surface area contributed by atoms with Crippen LogP contribution < -0.4 is 10.6 Å². The number of benzene rings is 3. The Morgan fingerprint density at radius 2 is 1.60 bits per heavy atom. The molecule has 3 nitrogen and oxygen atoms in total. The Hall–Kier alpha value is -2.65. The van der Waals surface area contributed by atoms with Crippen molar-refractivity contribution in [2.75, 3.05) is 0 Å². The quantitative estimate of drug-likeness (QED) is 0.396. The van der Waals surface area contributed by atoms with E-state index in [4.69, 9.17) is 0 Å². The lowest BCUT2D eigenvalue weighted by Crippen LogP contribution is -2.44. The smallest absolute Gasteiger partial charge is 0.247 e. The van der Waals surface area contributed by atoms with E-state index in [2.05, 4.69) is 78.7 Å². The summed E-state index contributed by atoms with van der Waals surface area (Å²) in [5.41, 5.74) is 1.78. The monoisotopic (exact) mass is 332 g/mol. The molecular formula is C22H24N2O. The van der Waals surface area contributed by atoms with E-state index in [0.29, 0.717) is 12.1 Å². The Morgan fingerprint density at radius 1 is 1.04 bits per heavy atom. The van der Waals surface area contributed by atoms with Crippen molar-refractivity contribution in [3.63, 3.8) is 0 Å². The SMILES string of the molecule is C=C(C)C(=O)NC(CC)NCc1c2ccccc2cc2ccccc12. The van der Waals surface area contributed by atoms with Gasteiger partial charge in [-0.2, -0.15) is 0 Å². The number of hydrogen-bond acceptors (Lipinski definition) is 2. The summed E-state index contributed by atoms with van der Waals surface area (Å²) >= 11 is 0. The summed E-state index contributed by atoms with van der Waals surface area (Å²) in [4.78, 5) is 11.9. The molecule has 0 bridgehead atoms. The Morgan fingerprint density at radius 3 is 2.12 bits per heavy atom. The van der Waals surface area contributed by atoms with Crippen molar-refractivity contribution < 1.29 is 4.79 Å². The van der Waals surface area contributed by atoms with E-state index in [1.54, 1.807) is 6.92 Å². The molecule has 3 heteroatoms. The second kappa shape index (κ2) is 7.49. The molecule has 1 atom stereocenters. The lowest BCUT2D eigenvalue weighted by Gasteiger charge is -2.20. The van der Waals surface area contributed by atoms with Crippen molar-refractivity contribution in [1.29, 1.82) is 0 Å². The largest absolute Gasteiger partial charge is 0.337 e. The van der Waals surface area contributed by atoms with Crippen LogP contribution in [0.4, 0.5) is 0 Å². The van der Waals surface area contributed by atoms with Gasteiger partial charge in [0.1, 0.15) is 0 Å². The molecule has 2 N–H and O–H groups in total. The summed E-state index contributed by atoms with van der Waals surface area (Å²) in [6.45, 7) is 8.17. The number of carbonyl (C=O) groups excluding carboxylic acids is 1. The third kappa shape index (κ3) is 3.72. The van der Waals surface area contributed by atoms with E-state index in [-0.39, 0.29) is 12.1 Å². The van der Waals surface area contributed by atoms with Crippen LogP contribution in [0.5, 0.6) is 0 Å². The van der Waals surface area contributed by atoms with Crippen LogP contribution in [-0.2, 0) is 11.3 Å². The number of nitrogens with one attached hydrogen (secondary N) is 2. The molecule has 0 saturated carbocycles. The van der Waals surface area contributed by atoms with Crippen LogP contribution in [0, 0.1) is 0 Å².